The van der Waals surface area contributed by atoms with Crippen molar-refractivity contribution in [1.29, 1.82) is 0 Å². The Kier molecular flexibility index (Phi) is 7.62. The fraction of sp³-hybridized carbons (Fsp3) is 0.367. The first-order chi connectivity index (χ1) is 18.1. The molecule has 0 saturated heterocycles. The number of Topliss-reactive ketones (excluding diaryl/α,β-unsaturated/α-hetero) is 1. The predicted octanol–water partition coefficient (Wildman–Crippen LogP) is 8.46. The topological polar surface area (TPSA) is 67.9 Å². The summed E-state index contributed by atoms with van der Waals surface area (Å²) in [6, 6.07) is 14.0. The Balaban J connectivity index is 1.59. The lowest BCUT2D eigenvalue weighted by molar-refractivity contribution is -0.137. The number of hydrogen-bond acceptors (Lipinski definition) is 4. The number of carbonyl (C=O) groups excluding carboxylic acids is 1. The highest BCUT2D eigenvalue weighted by atomic mass is 28.4. The van der Waals surface area contributed by atoms with Gasteiger partial charge in [0, 0.05) is 22.9 Å². The Hall–Kier alpha value is -3.30. The first kappa shape index (κ1) is 28.7. The number of H-pyrrole nitrogens is 1. The van der Waals surface area contributed by atoms with Crippen LogP contribution in [0.4, 0.5) is 13.2 Å². The summed E-state index contributed by atoms with van der Waals surface area (Å²) >= 11 is 0. The monoisotopic (exact) mass is 553 g/mol. The molecule has 0 aliphatic rings. The van der Waals surface area contributed by atoms with Crippen LogP contribution in [0.2, 0.25) is 18.1 Å². The lowest BCUT2D eigenvalue weighted by atomic mass is 9.96. The zero-order chi connectivity index (χ0) is 28.8. The third-order valence-corrected chi connectivity index (χ3v) is 12.1. The highest BCUT2D eigenvalue weighted by Crippen LogP contribution is 2.40. The normalized spacial score (nSPS) is 13.6. The van der Waals surface area contributed by atoms with Crippen LogP contribution in [0, 0.1) is 6.92 Å². The van der Waals surface area contributed by atoms with Gasteiger partial charge < -0.3 is 4.43 Å². The first-order valence-electron chi connectivity index (χ1n) is 12.9. The van der Waals surface area contributed by atoms with Crippen molar-refractivity contribution >= 4 is 25.1 Å². The van der Waals surface area contributed by atoms with Crippen molar-refractivity contribution in [1.82, 2.24) is 15.2 Å². The lowest BCUT2D eigenvalue weighted by Crippen LogP contribution is -2.41. The molecule has 0 aliphatic carbocycles. The average Bonchev–Trinajstić information content (AvgIpc) is 3.27. The van der Waals surface area contributed by atoms with Gasteiger partial charge in [0.15, 0.2) is 19.7 Å². The van der Waals surface area contributed by atoms with Crippen LogP contribution in [0.5, 0.6) is 0 Å². The van der Waals surface area contributed by atoms with E-state index in [4.69, 9.17) is 9.41 Å². The molecule has 0 bridgehead atoms. The molecule has 0 unspecified atom stereocenters. The summed E-state index contributed by atoms with van der Waals surface area (Å²) in [6.07, 6.45) is -4.69. The van der Waals surface area contributed by atoms with Crippen LogP contribution in [-0.2, 0) is 17.0 Å². The van der Waals surface area contributed by atoms with Crippen molar-refractivity contribution in [2.75, 3.05) is 0 Å². The second kappa shape index (κ2) is 10.4. The number of nitrogens with one attached hydrogen (secondary N) is 1. The van der Waals surface area contributed by atoms with Gasteiger partial charge in [-0.3, -0.25) is 9.89 Å². The standard InChI is InChI=1S/C30H34F3N3O2Si/c1-18-11-12-20(16-26(37)21-9-8-10-22(17-21)30(31,32)33)15-24(18)25-14-13-23-27(35-36-28(23)34-25)19(2)38-39(6,7)29(3,4)5/h8-15,17,19H,16H2,1-7H3,(H,34,35,36)/t19-/m0/s1. The fourth-order valence-corrected chi connectivity index (χ4v) is 5.62. The van der Waals surface area contributed by atoms with Gasteiger partial charge in [-0.15, -0.1) is 0 Å². The number of carbonyl (C=O) groups is 1. The van der Waals surface area contributed by atoms with E-state index < -0.39 is 20.1 Å². The number of hydrogen-bond donors (Lipinski definition) is 1. The van der Waals surface area contributed by atoms with Gasteiger partial charge in [0.1, 0.15) is 0 Å². The van der Waals surface area contributed by atoms with E-state index in [2.05, 4.69) is 44.1 Å². The van der Waals surface area contributed by atoms with E-state index in [9.17, 15) is 18.0 Å². The number of aromatic amines is 1. The second-order valence-corrected chi connectivity index (χ2v) is 16.3. The van der Waals surface area contributed by atoms with Crippen molar-refractivity contribution < 1.29 is 22.4 Å². The molecule has 1 N–H and O–H groups in total. The molecule has 5 nitrogen and oxygen atoms in total. The third kappa shape index (κ3) is 6.14. The molecule has 4 rings (SSSR count). The van der Waals surface area contributed by atoms with Gasteiger partial charge in [0.25, 0.3) is 0 Å². The number of alkyl halides is 3. The molecule has 0 saturated carbocycles. The molecule has 1 atom stereocenters. The minimum absolute atomic E-state index is 0.0221. The number of halogens is 3. The van der Waals surface area contributed by atoms with Crippen LogP contribution in [-0.4, -0.2) is 29.3 Å². The number of pyridine rings is 1. The van der Waals surface area contributed by atoms with Crippen LogP contribution < -0.4 is 0 Å². The highest BCUT2D eigenvalue weighted by Gasteiger charge is 2.39. The molecule has 2 aromatic carbocycles. The van der Waals surface area contributed by atoms with Crippen LogP contribution in [0.3, 0.4) is 0 Å². The number of aryl methyl sites for hydroxylation is 1. The molecule has 0 fully saturated rings. The Morgan fingerprint density at radius 1 is 1.05 bits per heavy atom. The SMILES string of the molecule is Cc1ccc(CC(=O)c2cccc(C(F)(F)F)c2)cc1-c1ccc2c([C@H](C)O[Si](C)(C)C(C)(C)C)[nH]nc2n1. The number of rotatable bonds is 7. The fourth-order valence-electron chi connectivity index (χ4n) is 4.27. The molecule has 0 aliphatic heterocycles. The molecule has 206 valence electrons. The van der Waals surface area contributed by atoms with E-state index in [0.717, 1.165) is 34.3 Å². The minimum Gasteiger partial charge on any atom is -0.409 e. The van der Waals surface area contributed by atoms with E-state index in [1.54, 1.807) is 0 Å². The van der Waals surface area contributed by atoms with Crippen LogP contribution in [0.25, 0.3) is 22.3 Å². The molecule has 0 amide bonds. The lowest BCUT2D eigenvalue weighted by Gasteiger charge is -2.38. The summed E-state index contributed by atoms with van der Waals surface area (Å²) in [5.41, 5.74) is 3.83. The van der Waals surface area contributed by atoms with Crippen molar-refractivity contribution in [3.63, 3.8) is 0 Å². The molecule has 2 aromatic heterocycles. The number of aromatic nitrogens is 3. The molecular weight excluding hydrogens is 519 g/mol. The summed E-state index contributed by atoms with van der Waals surface area (Å²) in [6.45, 7) is 15.0. The van der Waals surface area contributed by atoms with Crippen LogP contribution in [0.15, 0.2) is 54.6 Å². The smallest absolute Gasteiger partial charge is 0.409 e. The van der Waals surface area contributed by atoms with E-state index in [1.165, 1.54) is 12.1 Å². The Morgan fingerprint density at radius 3 is 2.44 bits per heavy atom. The summed E-state index contributed by atoms with van der Waals surface area (Å²) in [5.74, 6) is -0.382. The van der Waals surface area contributed by atoms with Crippen molar-refractivity contribution in [3.05, 3.63) is 82.5 Å². The van der Waals surface area contributed by atoms with Gasteiger partial charge in [0.2, 0.25) is 0 Å². The van der Waals surface area contributed by atoms with Crippen LogP contribution >= 0.6 is 0 Å². The molecule has 0 spiro atoms. The number of nitrogens with zero attached hydrogens (tertiary/aromatic N) is 2. The van der Waals surface area contributed by atoms with Crippen molar-refractivity contribution in [2.24, 2.45) is 0 Å². The predicted molar refractivity (Wildman–Crippen MR) is 150 cm³/mol. The maximum absolute atomic E-state index is 13.1. The average molecular weight is 554 g/mol. The van der Waals surface area contributed by atoms with Gasteiger partial charge in [-0.2, -0.15) is 18.3 Å². The number of fused-ring (bicyclic) bond motifs is 1. The van der Waals surface area contributed by atoms with Crippen molar-refractivity contribution in [2.45, 2.75) is 71.5 Å². The third-order valence-electron chi connectivity index (χ3n) is 7.59. The summed E-state index contributed by atoms with van der Waals surface area (Å²) in [5, 5.41) is 8.52. The quantitative estimate of drug-likeness (QED) is 0.184. The minimum atomic E-state index is -4.50. The van der Waals surface area contributed by atoms with E-state index in [1.807, 2.05) is 44.2 Å². The highest BCUT2D eigenvalue weighted by molar-refractivity contribution is 6.74. The van der Waals surface area contributed by atoms with Crippen molar-refractivity contribution in [3.8, 4) is 11.3 Å². The largest absolute Gasteiger partial charge is 0.416 e. The molecule has 0 radical (unpaired) electrons. The van der Waals surface area contributed by atoms with E-state index in [-0.39, 0.29) is 28.9 Å². The Morgan fingerprint density at radius 2 is 1.77 bits per heavy atom. The summed E-state index contributed by atoms with van der Waals surface area (Å²) < 4.78 is 45.8. The second-order valence-electron chi connectivity index (χ2n) is 11.6. The van der Waals surface area contributed by atoms with Gasteiger partial charge >= 0.3 is 6.18 Å². The summed E-state index contributed by atoms with van der Waals surface area (Å²) in [7, 11) is -1.99. The Bertz CT molecular complexity index is 1520. The molecule has 9 heteroatoms. The van der Waals surface area contributed by atoms with Gasteiger partial charge in [-0.25, -0.2) is 4.98 Å². The number of benzene rings is 2. The van der Waals surface area contributed by atoms with Crippen LogP contribution in [0.1, 0.15) is 66.5 Å². The first-order valence-corrected chi connectivity index (χ1v) is 15.8. The summed E-state index contributed by atoms with van der Waals surface area (Å²) in [4.78, 5) is 17.6. The molecular formula is C30H34F3N3O2Si. The molecule has 2 heterocycles. The number of ketones is 1. The Labute approximate surface area is 227 Å². The van der Waals surface area contributed by atoms with Gasteiger partial charge in [0.05, 0.1) is 23.1 Å². The maximum atomic E-state index is 13.1. The van der Waals surface area contributed by atoms with Gasteiger partial charge in [-0.05, 0) is 73.4 Å². The van der Waals surface area contributed by atoms with E-state index in [0.29, 0.717) is 16.9 Å². The maximum Gasteiger partial charge on any atom is 0.416 e. The molecule has 4 aromatic rings. The molecule has 39 heavy (non-hydrogen) atoms. The van der Waals surface area contributed by atoms with Gasteiger partial charge in [-0.1, -0.05) is 45.0 Å². The van der Waals surface area contributed by atoms with E-state index >= 15 is 0 Å². The zero-order valence-electron chi connectivity index (χ0n) is 23.3. The zero-order valence-corrected chi connectivity index (χ0v) is 24.3.